The molecule has 0 unspecified atom stereocenters. The van der Waals surface area contributed by atoms with Gasteiger partial charge in [0.2, 0.25) is 0 Å². The Morgan fingerprint density at radius 2 is 1.95 bits per heavy atom. The van der Waals surface area contributed by atoms with E-state index in [0.29, 0.717) is 12.2 Å². The number of benzene rings is 1. The van der Waals surface area contributed by atoms with Gasteiger partial charge in [-0.3, -0.25) is 9.59 Å². The average Bonchev–Trinajstić information content (AvgIpc) is 2.42. The van der Waals surface area contributed by atoms with Crippen LogP contribution in [0.3, 0.4) is 0 Å². The van der Waals surface area contributed by atoms with Gasteiger partial charge in [-0.05, 0) is 37.1 Å². The summed E-state index contributed by atoms with van der Waals surface area (Å²) in [5, 5.41) is 0. The fourth-order valence-electron chi connectivity index (χ4n) is 1.70. The topological polar surface area (TPSA) is 52.6 Å². The number of methoxy groups -OCH3 is 1. The van der Waals surface area contributed by atoms with Crippen molar-refractivity contribution in [2.24, 2.45) is 0 Å². The Balaban J connectivity index is 2.54. The van der Waals surface area contributed by atoms with Crippen LogP contribution in [-0.4, -0.2) is 25.5 Å². The Morgan fingerprint density at radius 3 is 2.53 bits per heavy atom. The first kappa shape index (κ1) is 15.2. The van der Waals surface area contributed by atoms with Crippen LogP contribution in [0.25, 0.3) is 0 Å². The normalized spacial score (nSPS) is 10.1. The minimum Gasteiger partial charge on any atom is -0.496 e. The zero-order valence-electron chi connectivity index (χ0n) is 11.7. The van der Waals surface area contributed by atoms with Gasteiger partial charge < -0.3 is 9.47 Å². The summed E-state index contributed by atoms with van der Waals surface area (Å²) in [6, 6.07) is 5.25. The van der Waals surface area contributed by atoms with E-state index in [1.54, 1.807) is 25.3 Å². The number of Topliss-reactive ketones (excluding diaryl/α,β-unsaturated/α-hetero) is 1. The summed E-state index contributed by atoms with van der Waals surface area (Å²) >= 11 is 0. The van der Waals surface area contributed by atoms with E-state index in [1.165, 1.54) is 0 Å². The van der Waals surface area contributed by atoms with Crippen LogP contribution in [0.2, 0.25) is 0 Å². The van der Waals surface area contributed by atoms with Crippen LogP contribution in [0.15, 0.2) is 18.2 Å². The van der Waals surface area contributed by atoms with Crippen molar-refractivity contribution >= 4 is 11.8 Å². The van der Waals surface area contributed by atoms with E-state index in [1.807, 2.05) is 13.8 Å². The maximum absolute atomic E-state index is 11.9. The van der Waals surface area contributed by atoms with Crippen LogP contribution in [0.1, 0.15) is 42.1 Å². The van der Waals surface area contributed by atoms with Crippen LogP contribution in [0.4, 0.5) is 0 Å². The molecule has 0 spiro atoms. The second-order valence-electron chi connectivity index (χ2n) is 4.33. The third kappa shape index (κ3) is 4.73. The molecule has 0 radical (unpaired) electrons. The van der Waals surface area contributed by atoms with E-state index >= 15 is 0 Å². The SMILES string of the molecule is CCCOC(=O)CCC(=O)c1ccc(OC)c(C)c1. The van der Waals surface area contributed by atoms with E-state index in [0.717, 1.165) is 17.7 Å². The van der Waals surface area contributed by atoms with Crippen molar-refractivity contribution in [3.63, 3.8) is 0 Å². The van der Waals surface area contributed by atoms with Gasteiger partial charge in [0, 0.05) is 12.0 Å². The number of esters is 1. The lowest BCUT2D eigenvalue weighted by Crippen LogP contribution is -2.09. The lowest BCUT2D eigenvalue weighted by Gasteiger charge is -2.07. The number of aryl methyl sites for hydroxylation is 1. The van der Waals surface area contributed by atoms with E-state index in [4.69, 9.17) is 9.47 Å². The van der Waals surface area contributed by atoms with Gasteiger partial charge >= 0.3 is 5.97 Å². The van der Waals surface area contributed by atoms with Gasteiger partial charge in [-0.15, -0.1) is 0 Å². The first-order valence-corrected chi connectivity index (χ1v) is 6.42. The van der Waals surface area contributed by atoms with Crippen LogP contribution < -0.4 is 4.74 Å². The zero-order valence-corrected chi connectivity index (χ0v) is 11.7. The van der Waals surface area contributed by atoms with Crippen LogP contribution in [0, 0.1) is 6.92 Å². The molecule has 0 heterocycles. The number of hydrogen-bond donors (Lipinski definition) is 0. The maximum Gasteiger partial charge on any atom is 0.306 e. The molecule has 0 aliphatic heterocycles. The molecule has 19 heavy (non-hydrogen) atoms. The van der Waals surface area contributed by atoms with E-state index in [2.05, 4.69) is 0 Å². The summed E-state index contributed by atoms with van der Waals surface area (Å²) in [5.41, 5.74) is 1.50. The molecule has 104 valence electrons. The van der Waals surface area contributed by atoms with Crippen molar-refractivity contribution in [3.8, 4) is 5.75 Å². The summed E-state index contributed by atoms with van der Waals surface area (Å²) in [4.78, 5) is 23.2. The van der Waals surface area contributed by atoms with Crippen molar-refractivity contribution in [1.29, 1.82) is 0 Å². The van der Waals surface area contributed by atoms with Gasteiger partial charge in [-0.2, -0.15) is 0 Å². The van der Waals surface area contributed by atoms with Gasteiger partial charge in [0.1, 0.15) is 5.75 Å². The molecule has 0 fully saturated rings. The highest BCUT2D eigenvalue weighted by atomic mass is 16.5. The first-order valence-electron chi connectivity index (χ1n) is 6.42. The van der Waals surface area contributed by atoms with Gasteiger partial charge in [-0.25, -0.2) is 0 Å². The van der Waals surface area contributed by atoms with Crippen LogP contribution >= 0.6 is 0 Å². The molecule has 0 aliphatic rings. The lowest BCUT2D eigenvalue weighted by molar-refractivity contribution is -0.143. The second kappa shape index (κ2) is 7.56. The van der Waals surface area contributed by atoms with Gasteiger partial charge in [0.15, 0.2) is 5.78 Å². The summed E-state index contributed by atoms with van der Waals surface area (Å²) < 4.78 is 10.1. The first-order chi connectivity index (χ1) is 9.08. The predicted octanol–water partition coefficient (Wildman–Crippen LogP) is 2.92. The standard InChI is InChI=1S/C15H20O4/c1-4-9-19-15(17)8-6-13(16)12-5-7-14(18-3)11(2)10-12/h5,7,10H,4,6,8-9H2,1-3H3. The molecule has 4 heteroatoms. The molecule has 0 bridgehead atoms. The van der Waals surface area contributed by atoms with E-state index < -0.39 is 0 Å². The molecule has 0 aromatic heterocycles. The minimum atomic E-state index is -0.319. The molecule has 0 N–H and O–H groups in total. The highest BCUT2D eigenvalue weighted by Crippen LogP contribution is 2.19. The maximum atomic E-state index is 11.9. The Bertz CT molecular complexity index is 451. The number of carbonyl (C=O) groups excluding carboxylic acids is 2. The average molecular weight is 264 g/mol. The smallest absolute Gasteiger partial charge is 0.306 e. The van der Waals surface area contributed by atoms with Crippen molar-refractivity contribution < 1.29 is 19.1 Å². The quantitative estimate of drug-likeness (QED) is 0.561. The molecule has 0 aliphatic carbocycles. The Kier molecular flexibility index (Phi) is 6.06. The van der Waals surface area contributed by atoms with E-state index in [-0.39, 0.29) is 24.6 Å². The zero-order chi connectivity index (χ0) is 14.3. The molecule has 0 saturated heterocycles. The monoisotopic (exact) mass is 264 g/mol. The molecule has 0 amide bonds. The number of ketones is 1. The largest absolute Gasteiger partial charge is 0.496 e. The molecule has 1 rings (SSSR count). The second-order valence-corrected chi connectivity index (χ2v) is 4.33. The molecule has 4 nitrogen and oxygen atoms in total. The fourth-order valence-corrected chi connectivity index (χ4v) is 1.70. The third-order valence-electron chi connectivity index (χ3n) is 2.74. The Morgan fingerprint density at radius 1 is 1.21 bits per heavy atom. The number of ether oxygens (including phenoxy) is 2. The lowest BCUT2D eigenvalue weighted by atomic mass is 10.0. The molecular weight excluding hydrogens is 244 g/mol. The number of rotatable bonds is 7. The highest BCUT2D eigenvalue weighted by Gasteiger charge is 2.11. The van der Waals surface area contributed by atoms with Gasteiger partial charge in [0.25, 0.3) is 0 Å². The fraction of sp³-hybridized carbons (Fsp3) is 0.467. The van der Waals surface area contributed by atoms with Gasteiger partial charge in [-0.1, -0.05) is 6.92 Å². The molecule has 1 aromatic carbocycles. The summed E-state index contributed by atoms with van der Waals surface area (Å²) in [6.45, 7) is 4.22. The molecule has 0 saturated carbocycles. The minimum absolute atomic E-state index is 0.0563. The van der Waals surface area contributed by atoms with Gasteiger partial charge in [0.05, 0.1) is 20.1 Å². The van der Waals surface area contributed by atoms with Crippen molar-refractivity contribution in [2.75, 3.05) is 13.7 Å². The molecular formula is C15H20O4. The summed E-state index contributed by atoms with van der Waals surface area (Å²) in [6.07, 6.45) is 1.09. The number of carbonyl (C=O) groups is 2. The van der Waals surface area contributed by atoms with Crippen LogP contribution in [0.5, 0.6) is 5.75 Å². The van der Waals surface area contributed by atoms with Crippen molar-refractivity contribution in [1.82, 2.24) is 0 Å². The summed E-state index contributed by atoms with van der Waals surface area (Å²) in [5.74, 6) is 0.374. The highest BCUT2D eigenvalue weighted by molar-refractivity contribution is 5.97. The predicted molar refractivity (Wildman–Crippen MR) is 72.5 cm³/mol. The Labute approximate surface area is 113 Å². The summed E-state index contributed by atoms with van der Waals surface area (Å²) in [7, 11) is 1.59. The van der Waals surface area contributed by atoms with Crippen LogP contribution in [-0.2, 0) is 9.53 Å². The van der Waals surface area contributed by atoms with Crippen molar-refractivity contribution in [2.45, 2.75) is 33.1 Å². The number of hydrogen-bond acceptors (Lipinski definition) is 4. The van der Waals surface area contributed by atoms with Crippen molar-refractivity contribution in [3.05, 3.63) is 29.3 Å². The van der Waals surface area contributed by atoms with E-state index in [9.17, 15) is 9.59 Å². The molecule has 0 atom stereocenters. The third-order valence-corrected chi connectivity index (χ3v) is 2.74. The molecule has 1 aromatic rings. The Hall–Kier alpha value is -1.84.